The molecule has 5 heteroatoms. The van der Waals surface area contributed by atoms with Crippen LogP contribution in [0.2, 0.25) is 0 Å². The Hall–Kier alpha value is -1.26. The Morgan fingerprint density at radius 1 is 1.64 bits per heavy atom. The Bertz CT molecular complexity index is 240. The summed E-state index contributed by atoms with van der Waals surface area (Å²) in [6.07, 6.45) is 1.71. The van der Waals surface area contributed by atoms with Crippen molar-refractivity contribution in [3.63, 3.8) is 0 Å². The van der Waals surface area contributed by atoms with Gasteiger partial charge < -0.3 is 10.2 Å². The first-order chi connectivity index (χ1) is 6.70. The monoisotopic (exact) mass is 199 g/mol. The normalized spacial score (nSPS) is 22.4. The third kappa shape index (κ3) is 2.16. The summed E-state index contributed by atoms with van der Waals surface area (Å²) in [7, 11) is 3.16. The van der Waals surface area contributed by atoms with Gasteiger partial charge in [-0.1, -0.05) is 0 Å². The molecule has 0 aromatic carbocycles. The highest BCUT2D eigenvalue weighted by Crippen LogP contribution is 2.19. The Morgan fingerprint density at radius 3 is 2.93 bits per heavy atom. The largest absolute Gasteiger partial charge is 0.453 e. The number of carbonyl (C=O) groups is 1. The number of hydrogen-bond acceptors (Lipinski definition) is 4. The summed E-state index contributed by atoms with van der Waals surface area (Å²) in [5.74, 6) is 0. The molecule has 0 saturated carbocycles. The van der Waals surface area contributed by atoms with E-state index in [4.69, 9.17) is 4.74 Å². The van der Waals surface area contributed by atoms with Gasteiger partial charge in [0, 0.05) is 13.6 Å². The van der Waals surface area contributed by atoms with Crippen molar-refractivity contribution in [1.82, 2.24) is 10.3 Å². The smallest absolute Gasteiger partial charge is 0.410 e. The van der Waals surface area contributed by atoms with Crippen LogP contribution in [0.3, 0.4) is 0 Å². The molecule has 1 amide bonds. The lowest BCUT2D eigenvalue weighted by Gasteiger charge is -2.22. The summed E-state index contributed by atoms with van der Waals surface area (Å²) in [5.41, 5.74) is 3.66. The summed E-state index contributed by atoms with van der Waals surface area (Å²) in [5, 5.41) is 4.09. The fraction of sp³-hybridized carbons (Fsp3) is 0.778. The van der Waals surface area contributed by atoms with Crippen LogP contribution in [-0.2, 0) is 4.74 Å². The molecule has 0 aliphatic carbocycles. The second kappa shape index (κ2) is 4.83. The van der Waals surface area contributed by atoms with Crippen molar-refractivity contribution in [3.8, 4) is 0 Å². The van der Waals surface area contributed by atoms with Crippen LogP contribution in [0.5, 0.6) is 0 Å². The van der Waals surface area contributed by atoms with Crippen LogP contribution in [0.4, 0.5) is 4.79 Å². The predicted molar refractivity (Wildman–Crippen MR) is 54.3 cm³/mol. The molecule has 1 atom stereocenters. The lowest BCUT2D eigenvalue weighted by molar-refractivity contribution is 0.127. The quantitative estimate of drug-likeness (QED) is 0.529. The molecular formula is C9H17N3O2. The number of methoxy groups -OCH3 is 1. The number of carbonyl (C=O) groups excluding carboxylic acids is 1. The van der Waals surface area contributed by atoms with Gasteiger partial charge in [0.1, 0.15) is 0 Å². The van der Waals surface area contributed by atoms with Crippen molar-refractivity contribution in [1.29, 1.82) is 0 Å². The third-order valence-electron chi connectivity index (χ3n) is 2.43. The molecule has 1 unspecified atom stereocenters. The average molecular weight is 199 g/mol. The fourth-order valence-corrected chi connectivity index (χ4v) is 1.79. The van der Waals surface area contributed by atoms with E-state index in [-0.39, 0.29) is 12.1 Å². The number of likely N-dealkylation sites (tertiary alicyclic amines) is 1. The molecule has 0 radical (unpaired) electrons. The van der Waals surface area contributed by atoms with Gasteiger partial charge >= 0.3 is 6.09 Å². The van der Waals surface area contributed by atoms with Crippen LogP contribution in [0.1, 0.15) is 19.8 Å². The first-order valence-corrected chi connectivity index (χ1v) is 4.76. The van der Waals surface area contributed by atoms with Gasteiger partial charge in [-0.15, -0.1) is 0 Å². The molecule has 0 bridgehead atoms. The second-order valence-corrected chi connectivity index (χ2v) is 3.30. The fourth-order valence-electron chi connectivity index (χ4n) is 1.79. The van der Waals surface area contributed by atoms with Crippen molar-refractivity contribution in [2.75, 3.05) is 20.7 Å². The second-order valence-electron chi connectivity index (χ2n) is 3.30. The standard InChI is InChI=1S/C9H17N3O2/c1-7(11-10-2)8-5-4-6-12(8)9(13)14-3/h8,10H,4-6H2,1-3H3. The SMILES string of the molecule is CNN=C(C)C1CCCN1C(=O)OC. The molecule has 0 aromatic heterocycles. The van der Waals surface area contributed by atoms with E-state index < -0.39 is 0 Å². The maximum atomic E-state index is 11.4. The first kappa shape index (κ1) is 10.8. The lowest BCUT2D eigenvalue weighted by Crippen LogP contribution is -2.40. The van der Waals surface area contributed by atoms with E-state index in [2.05, 4.69) is 10.5 Å². The van der Waals surface area contributed by atoms with Crippen LogP contribution in [-0.4, -0.2) is 43.4 Å². The number of nitrogens with one attached hydrogen (secondary N) is 1. The summed E-state index contributed by atoms with van der Waals surface area (Å²) < 4.78 is 4.70. The third-order valence-corrected chi connectivity index (χ3v) is 2.43. The van der Waals surface area contributed by atoms with Gasteiger partial charge in [0.2, 0.25) is 0 Å². The molecule has 1 fully saturated rings. The van der Waals surface area contributed by atoms with Gasteiger partial charge in [-0.3, -0.25) is 4.90 Å². The van der Waals surface area contributed by atoms with Crippen LogP contribution in [0.25, 0.3) is 0 Å². The average Bonchev–Trinajstić information content (AvgIpc) is 2.65. The van der Waals surface area contributed by atoms with Crippen molar-refractivity contribution >= 4 is 11.8 Å². The number of amides is 1. The van der Waals surface area contributed by atoms with Crippen molar-refractivity contribution < 1.29 is 9.53 Å². The Labute approximate surface area is 84.1 Å². The van der Waals surface area contributed by atoms with Crippen LogP contribution >= 0.6 is 0 Å². The minimum absolute atomic E-state index is 0.0925. The number of nitrogens with zero attached hydrogens (tertiary/aromatic N) is 2. The molecular weight excluding hydrogens is 182 g/mol. The zero-order valence-corrected chi connectivity index (χ0v) is 8.91. The number of hydrogen-bond donors (Lipinski definition) is 1. The minimum Gasteiger partial charge on any atom is -0.453 e. The van der Waals surface area contributed by atoms with Crippen LogP contribution in [0.15, 0.2) is 5.10 Å². The van der Waals surface area contributed by atoms with E-state index in [9.17, 15) is 4.79 Å². The molecule has 80 valence electrons. The summed E-state index contributed by atoms with van der Waals surface area (Å²) in [6.45, 7) is 2.68. The van der Waals surface area contributed by atoms with E-state index in [0.717, 1.165) is 25.1 Å². The van der Waals surface area contributed by atoms with Crippen LogP contribution < -0.4 is 5.43 Å². The molecule has 1 aliphatic rings. The lowest BCUT2D eigenvalue weighted by atomic mass is 10.1. The van der Waals surface area contributed by atoms with Gasteiger partial charge in [0.25, 0.3) is 0 Å². The highest BCUT2D eigenvalue weighted by Gasteiger charge is 2.31. The van der Waals surface area contributed by atoms with Gasteiger partial charge in [-0.2, -0.15) is 5.10 Å². The summed E-state index contributed by atoms with van der Waals surface area (Å²) in [4.78, 5) is 13.1. The van der Waals surface area contributed by atoms with Crippen molar-refractivity contribution in [3.05, 3.63) is 0 Å². The van der Waals surface area contributed by atoms with Gasteiger partial charge in [0.15, 0.2) is 0 Å². The number of hydrazone groups is 1. The minimum atomic E-state index is -0.266. The molecule has 1 saturated heterocycles. The molecule has 1 aliphatic heterocycles. The molecule has 0 spiro atoms. The molecule has 1 N–H and O–H groups in total. The van der Waals surface area contributed by atoms with Gasteiger partial charge in [0.05, 0.1) is 18.9 Å². The highest BCUT2D eigenvalue weighted by atomic mass is 16.5. The molecule has 14 heavy (non-hydrogen) atoms. The summed E-state index contributed by atoms with van der Waals surface area (Å²) >= 11 is 0. The Kier molecular flexibility index (Phi) is 3.73. The zero-order chi connectivity index (χ0) is 10.6. The van der Waals surface area contributed by atoms with E-state index in [0.29, 0.717) is 0 Å². The van der Waals surface area contributed by atoms with Gasteiger partial charge in [-0.05, 0) is 19.8 Å². The first-order valence-electron chi connectivity index (χ1n) is 4.76. The molecule has 0 aromatic rings. The predicted octanol–water partition coefficient (Wildman–Crippen LogP) is 0.812. The maximum Gasteiger partial charge on any atom is 0.410 e. The Morgan fingerprint density at radius 2 is 2.36 bits per heavy atom. The zero-order valence-electron chi connectivity index (χ0n) is 8.91. The molecule has 5 nitrogen and oxygen atoms in total. The molecule has 1 heterocycles. The number of rotatable bonds is 2. The van der Waals surface area contributed by atoms with Crippen LogP contribution in [0, 0.1) is 0 Å². The van der Waals surface area contributed by atoms with E-state index in [1.165, 1.54) is 7.11 Å². The van der Waals surface area contributed by atoms with Gasteiger partial charge in [-0.25, -0.2) is 4.79 Å². The van der Waals surface area contributed by atoms with E-state index >= 15 is 0 Å². The highest BCUT2D eigenvalue weighted by molar-refractivity contribution is 5.90. The Balaban J connectivity index is 2.68. The van der Waals surface area contributed by atoms with Crippen molar-refractivity contribution in [2.24, 2.45) is 5.10 Å². The maximum absolute atomic E-state index is 11.4. The topological polar surface area (TPSA) is 53.9 Å². The number of ether oxygens (including phenoxy) is 1. The molecule has 1 rings (SSSR count). The van der Waals surface area contributed by atoms with Crippen molar-refractivity contribution in [2.45, 2.75) is 25.8 Å². The van der Waals surface area contributed by atoms with E-state index in [1.54, 1.807) is 11.9 Å². The van der Waals surface area contributed by atoms with E-state index in [1.807, 2.05) is 6.92 Å². The summed E-state index contributed by atoms with van der Waals surface area (Å²) in [6, 6.07) is 0.0925.